The third kappa shape index (κ3) is 6.82. The highest BCUT2D eigenvalue weighted by molar-refractivity contribution is 7.17. The van der Waals surface area contributed by atoms with E-state index in [-0.39, 0.29) is 65.1 Å². The van der Waals surface area contributed by atoms with Crippen LogP contribution in [0.1, 0.15) is 37.2 Å². The average molecular weight is 745 g/mol. The average Bonchev–Trinajstić information content (AvgIpc) is 3.76. The molecule has 2 aliphatic heterocycles. The Kier molecular flexibility index (Phi) is 10.1. The highest BCUT2D eigenvalue weighted by atomic mass is 32.1. The van der Waals surface area contributed by atoms with Crippen molar-refractivity contribution in [2.24, 2.45) is 0 Å². The number of hydrogen-bond acceptors (Lipinski definition) is 8. The van der Waals surface area contributed by atoms with E-state index < -0.39 is 17.5 Å². The lowest BCUT2D eigenvalue weighted by Gasteiger charge is -2.36. The molecule has 0 bridgehead atoms. The summed E-state index contributed by atoms with van der Waals surface area (Å²) in [6, 6.07) is 10.7. The van der Waals surface area contributed by atoms with Crippen LogP contribution >= 0.6 is 11.3 Å². The van der Waals surface area contributed by atoms with Crippen LogP contribution in [0, 0.1) is 17.5 Å². The van der Waals surface area contributed by atoms with Gasteiger partial charge in [0.25, 0.3) is 0 Å². The van der Waals surface area contributed by atoms with Crippen LogP contribution in [0.15, 0.2) is 60.5 Å². The molecule has 0 N–H and O–H groups in total. The Morgan fingerprint density at radius 2 is 1.81 bits per heavy atom. The Morgan fingerprint density at radius 1 is 1.04 bits per heavy atom. The maximum atomic E-state index is 16.3. The third-order valence-electron chi connectivity index (χ3n) is 9.89. The number of carbonyl (C=O) groups is 2. The SMILES string of the molecule is C=CC(=O)N1C[C@H](C)n2nc(-c3nc(-c4ccc(CN5CCN(C)C(=O)C5)cc4)c4scc(F)c4c3-c3c(F)cc(F)cc3OCCOC)cc2[C@H]1C. The second kappa shape index (κ2) is 14.8. The molecule has 0 aliphatic carbocycles. The van der Waals surface area contributed by atoms with Crippen LogP contribution in [0.5, 0.6) is 5.75 Å². The summed E-state index contributed by atoms with van der Waals surface area (Å²) >= 11 is 1.13. The van der Waals surface area contributed by atoms with Gasteiger partial charge in [-0.25, -0.2) is 18.2 Å². The summed E-state index contributed by atoms with van der Waals surface area (Å²) in [6.45, 7) is 10.3. The largest absolute Gasteiger partial charge is 0.490 e. The van der Waals surface area contributed by atoms with Gasteiger partial charge in [0.05, 0.1) is 46.9 Å². The molecular formula is C39H39F3N6O4S. The number of amides is 2. The predicted octanol–water partition coefficient (Wildman–Crippen LogP) is 6.86. The number of likely N-dealkylation sites (N-methyl/N-ethyl adjacent to an activating group) is 1. The number of thiophene rings is 1. The summed E-state index contributed by atoms with van der Waals surface area (Å²) in [4.78, 5) is 35.7. The lowest BCUT2D eigenvalue weighted by Crippen LogP contribution is -2.47. The number of piperazine rings is 1. The lowest BCUT2D eigenvalue weighted by atomic mass is 9.94. The molecular weight excluding hydrogens is 706 g/mol. The molecule has 0 unspecified atom stereocenters. The van der Waals surface area contributed by atoms with Crippen LogP contribution in [0.25, 0.3) is 43.9 Å². The van der Waals surface area contributed by atoms with Crippen molar-refractivity contribution in [2.45, 2.75) is 32.5 Å². The van der Waals surface area contributed by atoms with Crippen LogP contribution in [-0.2, 0) is 20.9 Å². The van der Waals surface area contributed by atoms with Gasteiger partial charge in [-0.15, -0.1) is 11.3 Å². The van der Waals surface area contributed by atoms with Gasteiger partial charge in [-0.3, -0.25) is 19.2 Å². The fraction of sp³-hybridized carbons (Fsp3) is 0.333. The van der Waals surface area contributed by atoms with Crippen molar-refractivity contribution >= 4 is 33.2 Å². The van der Waals surface area contributed by atoms with Gasteiger partial charge in [-0.05, 0) is 31.6 Å². The molecule has 1 fully saturated rings. The normalized spacial score (nSPS) is 17.8. The van der Waals surface area contributed by atoms with Gasteiger partial charge in [-0.2, -0.15) is 5.10 Å². The highest BCUT2D eigenvalue weighted by Gasteiger charge is 2.34. The van der Waals surface area contributed by atoms with E-state index in [9.17, 15) is 14.0 Å². The topological polar surface area (TPSA) is 93.0 Å². The Labute approximate surface area is 309 Å². The minimum Gasteiger partial charge on any atom is -0.490 e. The minimum atomic E-state index is -0.958. The van der Waals surface area contributed by atoms with E-state index in [4.69, 9.17) is 19.6 Å². The zero-order valence-electron chi connectivity index (χ0n) is 29.9. The molecule has 5 heterocycles. The summed E-state index contributed by atoms with van der Waals surface area (Å²) in [5, 5.41) is 6.37. The quantitative estimate of drug-likeness (QED) is 0.114. The number of halogens is 3. The molecule has 2 aliphatic rings. The molecule has 0 saturated carbocycles. The second-order valence-electron chi connectivity index (χ2n) is 13.4. The second-order valence-corrected chi connectivity index (χ2v) is 14.3. The number of carbonyl (C=O) groups excluding carboxylic acids is 2. The van der Waals surface area contributed by atoms with Gasteiger partial charge in [0.2, 0.25) is 11.8 Å². The van der Waals surface area contributed by atoms with E-state index in [0.29, 0.717) is 53.5 Å². The highest BCUT2D eigenvalue weighted by Crippen LogP contribution is 2.48. The number of aromatic nitrogens is 3. The molecule has 2 aromatic carbocycles. The number of benzene rings is 2. The number of hydrogen-bond donors (Lipinski definition) is 0. The summed E-state index contributed by atoms with van der Waals surface area (Å²) in [5.41, 5.74) is 3.22. The van der Waals surface area contributed by atoms with Crippen LogP contribution in [0.2, 0.25) is 0 Å². The Bertz CT molecular complexity index is 2220. The summed E-state index contributed by atoms with van der Waals surface area (Å²) in [5.74, 6) is -2.72. The van der Waals surface area contributed by atoms with E-state index in [1.54, 1.807) is 27.6 Å². The van der Waals surface area contributed by atoms with Gasteiger partial charge in [-0.1, -0.05) is 30.8 Å². The zero-order chi connectivity index (χ0) is 37.6. The third-order valence-corrected chi connectivity index (χ3v) is 10.9. The smallest absolute Gasteiger partial charge is 0.246 e. The molecule has 7 rings (SSSR count). The van der Waals surface area contributed by atoms with Crippen LogP contribution < -0.4 is 4.74 Å². The van der Waals surface area contributed by atoms with Gasteiger partial charge in [0.1, 0.15) is 41.2 Å². The van der Waals surface area contributed by atoms with E-state index in [1.165, 1.54) is 18.6 Å². The lowest BCUT2D eigenvalue weighted by molar-refractivity contribution is -0.134. The summed E-state index contributed by atoms with van der Waals surface area (Å²) in [7, 11) is 3.28. The first-order valence-corrected chi connectivity index (χ1v) is 18.2. The molecule has 276 valence electrons. The van der Waals surface area contributed by atoms with Crippen molar-refractivity contribution in [1.82, 2.24) is 29.5 Å². The molecule has 0 radical (unpaired) electrons. The maximum absolute atomic E-state index is 16.3. The van der Waals surface area contributed by atoms with E-state index >= 15 is 8.78 Å². The van der Waals surface area contributed by atoms with E-state index in [1.807, 2.05) is 38.1 Å². The molecule has 1 saturated heterocycles. The van der Waals surface area contributed by atoms with Crippen molar-refractivity contribution in [3.05, 3.63) is 89.2 Å². The van der Waals surface area contributed by atoms with Crippen LogP contribution in [0.4, 0.5) is 13.2 Å². The Balaban J connectivity index is 1.42. The van der Waals surface area contributed by atoms with Crippen molar-refractivity contribution in [3.8, 4) is 39.5 Å². The minimum absolute atomic E-state index is 0.0158. The molecule has 14 heteroatoms. The monoisotopic (exact) mass is 744 g/mol. The number of nitrogens with zero attached hydrogens (tertiary/aromatic N) is 6. The number of ether oxygens (including phenoxy) is 2. The molecule has 3 aromatic heterocycles. The van der Waals surface area contributed by atoms with E-state index in [2.05, 4.69) is 11.5 Å². The summed E-state index contributed by atoms with van der Waals surface area (Å²) < 4.78 is 60.4. The van der Waals surface area contributed by atoms with Crippen LogP contribution in [0.3, 0.4) is 0 Å². The Morgan fingerprint density at radius 3 is 2.53 bits per heavy atom. The van der Waals surface area contributed by atoms with Crippen LogP contribution in [-0.4, -0.2) is 94.8 Å². The fourth-order valence-corrected chi connectivity index (χ4v) is 8.01. The first-order chi connectivity index (χ1) is 25.5. The first kappa shape index (κ1) is 36.3. The summed E-state index contributed by atoms with van der Waals surface area (Å²) in [6.07, 6.45) is 1.27. The first-order valence-electron chi connectivity index (χ1n) is 17.3. The Hall–Kier alpha value is -5.05. The van der Waals surface area contributed by atoms with Crippen molar-refractivity contribution < 1.29 is 32.2 Å². The van der Waals surface area contributed by atoms with Crippen molar-refractivity contribution in [3.63, 3.8) is 0 Å². The number of methoxy groups -OCH3 is 1. The van der Waals surface area contributed by atoms with Crippen molar-refractivity contribution in [1.29, 1.82) is 0 Å². The zero-order valence-corrected chi connectivity index (χ0v) is 30.7. The van der Waals surface area contributed by atoms with Gasteiger partial charge in [0.15, 0.2) is 0 Å². The van der Waals surface area contributed by atoms with Gasteiger partial charge < -0.3 is 19.3 Å². The number of rotatable bonds is 10. The standard InChI is InChI=1S/C39H39F3N6O4S/c1-6-32(49)47-18-22(2)48-30(23(47)3)17-29(44-48)38-36(34-27(41)15-26(40)16-31(34)52-14-13-51-5)35-28(42)21-53-39(35)37(43-38)25-9-7-24(8-10-25)19-46-12-11-45(4)33(50)20-46/h6-10,15-17,21-23H,1,11-14,18-20H2,2-5H3/t22-,23+/m0/s1. The molecule has 53 heavy (non-hydrogen) atoms. The van der Waals surface area contributed by atoms with Crippen molar-refractivity contribution in [2.75, 3.05) is 53.6 Å². The fourth-order valence-electron chi connectivity index (χ4n) is 7.08. The molecule has 5 aromatic rings. The number of fused-ring (bicyclic) bond motifs is 2. The van der Waals surface area contributed by atoms with Gasteiger partial charge >= 0.3 is 0 Å². The molecule has 10 nitrogen and oxygen atoms in total. The molecule has 2 amide bonds. The predicted molar refractivity (Wildman–Crippen MR) is 197 cm³/mol. The number of pyridine rings is 1. The molecule has 2 atom stereocenters. The van der Waals surface area contributed by atoms with Gasteiger partial charge in [0, 0.05) is 74.4 Å². The molecule has 0 spiro atoms. The van der Waals surface area contributed by atoms with E-state index in [0.717, 1.165) is 35.6 Å². The maximum Gasteiger partial charge on any atom is 0.246 e.